The largest absolute Gasteiger partial charge is 0.497 e. The highest BCUT2D eigenvalue weighted by Gasteiger charge is 2.53. The first-order valence-electron chi connectivity index (χ1n) is 11.1. The van der Waals surface area contributed by atoms with Gasteiger partial charge in [-0.25, -0.2) is 14.8 Å². The number of rotatable bonds is 5. The maximum Gasteiger partial charge on any atom is 0.322 e. The highest BCUT2D eigenvalue weighted by molar-refractivity contribution is 6.08. The number of nitrogens with one attached hydrogen (secondary N) is 2. The minimum Gasteiger partial charge on any atom is -0.497 e. The number of amides is 4. The zero-order valence-corrected chi connectivity index (χ0v) is 19.1. The summed E-state index contributed by atoms with van der Waals surface area (Å²) in [6.45, 7) is 0.144. The molecule has 0 bridgehead atoms. The van der Waals surface area contributed by atoms with E-state index in [1.54, 1.807) is 48.7 Å². The van der Waals surface area contributed by atoms with Gasteiger partial charge in [0.1, 0.15) is 22.8 Å². The van der Waals surface area contributed by atoms with Crippen molar-refractivity contribution in [3.8, 4) is 17.0 Å². The van der Waals surface area contributed by atoms with E-state index in [2.05, 4.69) is 20.6 Å². The smallest absolute Gasteiger partial charge is 0.322 e. The van der Waals surface area contributed by atoms with Crippen molar-refractivity contribution in [2.45, 2.75) is 12.1 Å². The monoisotopic (exact) mass is 484 g/mol. The number of anilines is 1. The minimum atomic E-state index is -1.62. The van der Waals surface area contributed by atoms with Crippen LogP contribution in [0.25, 0.3) is 22.4 Å². The number of nitrogens with zero attached hydrogens (tertiary/aromatic N) is 3. The van der Waals surface area contributed by atoms with Crippen LogP contribution in [0.3, 0.4) is 0 Å². The Balaban J connectivity index is 1.38. The van der Waals surface area contributed by atoms with E-state index in [0.29, 0.717) is 33.9 Å². The molecule has 3 aromatic heterocycles. The molecule has 11 heteroatoms. The lowest BCUT2D eigenvalue weighted by Gasteiger charge is -2.28. The van der Waals surface area contributed by atoms with Crippen molar-refractivity contribution in [3.63, 3.8) is 0 Å². The Morgan fingerprint density at radius 1 is 1.14 bits per heavy atom. The summed E-state index contributed by atoms with van der Waals surface area (Å²) in [6, 6.07) is 13.1. The number of benzene rings is 1. The number of hydrogen-bond acceptors (Lipinski definition) is 8. The molecule has 0 aliphatic carbocycles. The number of fused-ring (bicyclic) bond motifs is 2. The number of ether oxygens (including phenoxy) is 1. The van der Waals surface area contributed by atoms with Gasteiger partial charge >= 0.3 is 6.03 Å². The van der Waals surface area contributed by atoms with Crippen LogP contribution in [-0.2, 0) is 16.9 Å². The van der Waals surface area contributed by atoms with Crippen LogP contribution in [0.15, 0.2) is 59.1 Å². The molecule has 0 spiro atoms. The molecular weight excluding hydrogens is 464 g/mol. The Bertz CT molecular complexity index is 1560. The quantitative estimate of drug-likeness (QED) is 0.364. The molecule has 2 aliphatic rings. The third-order valence-electron chi connectivity index (χ3n) is 6.44. The van der Waals surface area contributed by atoms with Gasteiger partial charge in [0.15, 0.2) is 11.1 Å². The number of carbonyl (C=O) groups is 3. The lowest BCUT2D eigenvalue weighted by Crippen LogP contribution is -2.52. The second kappa shape index (κ2) is 7.80. The van der Waals surface area contributed by atoms with E-state index in [1.165, 1.54) is 12.0 Å². The van der Waals surface area contributed by atoms with E-state index in [9.17, 15) is 14.4 Å². The first-order chi connectivity index (χ1) is 17.4. The maximum atomic E-state index is 13.2. The fraction of sp³-hybridized carbons (Fsp3) is 0.160. The fourth-order valence-corrected chi connectivity index (χ4v) is 4.59. The topological polar surface area (TPSA) is 153 Å². The molecule has 4 N–H and O–H groups in total. The lowest BCUT2D eigenvalue weighted by molar-refractivity contribution is -0.125. The summed E-state index contributed by atoms with van der Waals surface area (Å²) in [4.78, 5) is 48.8. The molecule has 6 rings (SSSR count). The lowest BCUT2D eigenvalue weighted by atomic mass is 9.95. The first-order valence-corrected chi connectivity index (χ1v) is 11.1. The molecule has 0 radical (unpaired) electrons. The van der Waals surface area contributed by atoms with Gasteiger partial charge in [-0.1, -0.05) is 6.07 Å². The number of methoxy groups -OCH3 is 1. The average Bonchev–Trinajstić information content (AvgIpc) is 3.53. The molecule has 4 aromatic rings. The number of pyridine rings is 2. The molecule has 11 nitrogen and oxygen atoms in total. The standard InChI is InChI=1S/C25H20N6O5/c1-35-15-4-2-14-11-31(22(32)16(14)8-15)12-25(23(33)29-24(34)30-25)20-9-18-19(36-20)6-5-17(28-18)13-3-7-21(26)27-10-13/h2-10H,11-12H2,1H3,(H2,26,27)(H2,29,30,33,34)/t25-/m0/s1. The van der Waals surface area contributed by atoms with Gasteiger partial charge < -0.3 is 25.1 Å². The predicted molar refractivity (Wildman–Crippen MR) is 128 cm³/mol. The molecule has 4 amide bonds. The molecule has 5 heterocycles. The van der Waals surface area contributed by atoms with Gasteiger partial charge in [-0.2, -0.15) is 0 Å². The fourth-order valence-electron chi connectivity index (χ4n) is 4.59. The average molecular weight is 484 g/mol. The summed E-state index contributed by atoms with van der Waals surface area (Å²) in [5.41, 5.74) is 7.63. The summed E-state index contributed by atoms with van der Waals surface area (Å²) in [6.07, 6.45) is 1.61. The molecule has 36 heavy (non-hydrogen) atoms. The highest BCUT2D eigenvalue weighted by Crippen LogP contribution is 2.35. The van der Waals surface area contributed by atoms with Gasteiger partial charge in [-0.3, -0.25) is 14.9 Å². The van der Waals surface area contributed by atoms with Crippen molar-refractivity contribution in [3.05, 3.63) is 71.6 Å². The first kappa shape index (κ1) is 21.6. The zero-order valence-electron chi connectivity index (χ0n) is 19.1. The molecule has 1 fully saturated rings. The van der Waals surface area contributed by atoms with Crippen molar-refractivity contribution < 1.29 is 23.5 Å². The summed E-state index contributed by atoms with van der Waals surface area (Å²) in [5, 5.41) is 4.95. The van der Waals surface area contributed by atoms with Gasteiger partial charge in [0, 0.05) is 29.9 Å². The second-order valence-corrected chi connectivity index (χ2v) is 8.66. The van der Waals surface area contributed by atoms with Crippen LogP contribution in [0.4, 0.5) is 10.6 Å². The van der Waals surface area contributed by atoms with Gasteiger partial charge in [0.2, 0.25) is 0 Å². The maximum absolute atomic E-state index is 13.2. The number of nitrogen functional groups attached to an aromatic ring is 1. The number of furan rings is 1. The van der Waals surface area contributed by atoms with Crippen LogP contribution in [-0.4, -0.2) is 46.4 Å². The Hall–Kier alpha value is -4.93. The minimum absolute atomic E-state index is 0.130. The summed E-state index contributed by atoms with van der Waals surface area (Å²) in [5.74, 6) is 0.233. The number of carbonyl (C=O) groups excluding carboxylic acids is 3. The SMILES string of the molecule is COc1ccc2c(c1)C(=O)N(C[C@@]1(c3cc4nc(-c5ccc(N)nc5)ccc4o3)NC(=O)NC1=O)C2. The van der Waals surface area contributed by atoms with Gasteiger partial charge in [0.25, 0.3) is 11.8 Å². The molecule has 1 atom stereocenters. The number of urea groups is 1. The van der Waals surface area contributed by atoms with E-state index in [-0.39, 0.29) is 24.8 Å². The molecule has 2 aliphatic heterocycles. The van der Waals surface area contributed by atoms with Crippen LogP contribution in [0.1, 0.15) is 21.7 Å². The summed E-state index contributed by atoms with van der Waals surface area (Å²) < 4.78 is 11.2. The summed E-state index contributed by atoms with van der Waals surface area (Å²) in [7, 11) is 1.52. The van der Waals surface area contributed by atoms with Crippen molar-refractivity contribution >= 4 is 34.8 Å². The molecule has 0 saturated carbocycles. The van der Waals surface area contributed by atoms with E-state index >= 15 is 0 Å². The molecule has 180 valence electrons. The predicted octanol–water partition coefficient (Wildman–Crippen LogP) is 2.17. The highest BCUT2D eigenvalue weighted by atomic mass is 16.5. The normalized spacial score (nSPS) is 18.9. The number of nitrogens with two attached hydrogens (primary N) is 1. The molecule has 1 aromatic carbocycles. The summed E-state index contributed by atoms with van der Waals surface area (Å²) >= 11 is 0. The third-order valence-corrected chi connectivity index (χ3v) is 6.44. The number of aromatic nitrogens is 2. The van der Waals surface area contributed by atoms with Crippen LogP contribution in [0.5, 0.6) is 5.75 Å². The van der Waals surface area contributed by atoms with Crippen molar-refractivity contribution in [2.24, 2.45) is 0 Å². The van der Waals surface area contributed by atoms with Gasteiger partial charge in [-0.05, 0) is 42.0 Å². The van der Waals surface area contributed by atoms with Gasteiger partial charge in [-0.15, -0.1) is 0 Å². The number of imide groups is 1. The molecule has 0 unspecified atom stereocenters. The molecule has 1 saturated heterocycles. The Labute approximate surface area is 204 Å². The number of hydrogen-bond donors (Lipinski definition) is 3. The zero-order chi connectivity index (χ0) is 25.0. The van der Waals surface area contributed by atoms with E-state index in [1.807, 2.05) is 6.07 Å². The van der Waals surface area contributed by atoms with Gasteiger partial charge in [0.05, 0.1) is 19.3 Å². The van der Waals surface area contributed by atoms with E-state index in [4.69, 9.17) is 14.9 Å². The van der Waals surface area contributed by atoms with E-state index < -0.39 is 17.5 Å². The van der Waals surface area contributed by atoms with Crippen LogP contribution in [0.2, 0.25) is 0 Å². The van der Waals surface area contributed by atoms with Crippen LogP contribution in [0, 0.1) is 0 Å². The second-order valence-electron chi connectivity index (χ2n) is 8.66. The van der Waals surface area contributed by atoms with Crippen molar-refractivity contribution in [1.82, 2.24) is 25.5 Å². The Morgan fingerprint density at radius 2 is 2.00 bits per heavy atom. The molecular formula is C25H20N6O5. The third kappa shape index (κ3) is 3.32. The van der Waals surface area contributed by atoms with Crippen molar-refractivity contribution in [2.75, 3.05) is 19.4 Å². The Morgan fingerprint density at radius 3 is 2.72 bits per heavy atom. The Kier molecular flexibility index (Phi) is 4.68. The van der Waals surface area contributed by atoms with Crippen LogP contribution < -0.4 is 21.1 Å². The van der Waals surface area contributed by atoms with Crippen LogP contribution >= 0.6 is 0 Å². The van der Waals surface area contributed by atoms with E-state index in [0.717, 1.165) is 11.1 Å². The van der Waals surface area contributed by atoms with Crippen molar-refractivity contribution in [1.29, 1.82) is 0 Å².